The first kappa shape index (κ1) is 14.9. The summed E-state index contributed by atoms with van der Waals surface area (Å²) in [6.07, 6.45) is 1.16. The number of carbonyl (C=O) groups is 1. The summed E-state index contributed by atoms with van der Waals surface area (Å²) in [6, 6.07) is 0. The van der Waals surface area contributed by atoms with Gasteiger partial charge in [0, 0.05) is 43.8 Å². The van der Waals surface area contributed by atoms with Crippen molar-refractivity contribution in [3.8, 4) is 0 Å². The quantitative estimate of drug-likeness (QED) is 0.722. The summed E-state index contributed by atoms with van der Waals surface area (Å²) in [7, 11) is 0. The van der Waals surface area contributed by atoms with E-state index >= 15 is 0 Å². The van der Waals surface area contributed by atoms with Gasteiger partial charge in [-0.05, 0) is 20.3 Å². The Morgan fingerprint density at radius 3 is 2.94 bits per heavy atom. The molecule has 0 aliphatic rings. The zero-order valence-electron chi connectivity index (χ0n) is 10.9. The van der Waals surface area contributed by atoms with Crippen LogP contribution in [0.1, 0.15) is 25.5 Å². The van der Waals surface area contributed by atoms with E-state index in [-0.39, 0.29) is 10.8 Å². The Labute approximate surface area is 111 Å². The Morgan fingerprint density at radius 2 is 2.33 bits per heavy atom. The number of aryl methyl sites for hydroxylation is 1. The molecule has 0 radical (unpaired) electrons. The zero-order chi connectivity index (χ0) is 13.4. The molecule has 0 bridgehead atoms. The van der Waals surface area contributed by atoms with Gasteiger partial charge in [0.1, 0.15) is 0 Å². The molecule has 0 spiro atoms. The van der Waals surface area contributed by atoms with Crippen LogP contribution in [0.3, 0.4) is 0 Å². The van der Waals surface area contributed by atoms with Crippen LogP contribution in [0, 0.1) is 6.92 Å². The fourth-order valence-electron chi connectivity index (χ4n) is 1.52. The van der Waals surface area contributed by atoms with Gasteiger partial charge in [-0.15, -0.1) is 0 Å². The molecule has 1 heterocycles. The van der Waals surface area contributed by atoms with E-state index in [2.05, 4.69) is 5.32 Å². The third kappa shape index (κ3) is 5.01. The van der Waals surface area contributed by atoms with Crippen LogP contribution in [0.4, 0.5) is 0 Å². The molecular weight excluding hydrogens is 252 g/mol. The van der Waals surface area contributed by atoms with Crippen molar-refractivity contribution in [3.63, 3.8) is 0 Å². The number of aromatic nitrogens is 1. The molecule has 1 aromatic rings. The first-order chi connectivity index (χ1) is 8.65. The Balaban J connectivity index is 2.19. The number of hydrogen-bond acceptors (Lipinski definition) is 4. The summed E-state index contributed by atoms with van der Waals surface area (Å²) < 4.78 is 6.80. The van der Waals surface area contributed by atoms with E-state index in [9.17, 15) is 9.59 Å². The number of nitrogens with zero attached hydrogens (tertiary/aromatic N) is 1. The van der Waals surface area contributed by atoms with Gasteiger partial charge in [0.15, 0.2) is 0 Å². The topological polar surface area (TPSA) is 60.3 Å². The van der Waals surface area contributed by atoms with Crippen LogP contribution in [0.15, 0.2) is 10.2 Å². The molecule has 0 atom stereocenters. The van der Waals surface area contributed by atoms with Crippen molar-refractivity contribution in [2.75, 3.05) is 19.8 Å². The van der Waals surface area contributed by atoms with E-state index in [1.54, 1.807) is 4.57 Å². The van der Waals surface area contributed by atoms with Gasteiger partial charge in [-0.25, -0.2) is 0 Å². The average Bonchev–Trinajstić information content (AvgIpc) is 2.66. The van der Waals surface area contributed by atoms with Gasteiger partial charge >= 0.3 is 4.87 Å². The molecule has 0 fully saturated rings. The van der Waals surface area contributed by atoms with E-state index in [1.165, 1.54) is 11.3 Å². The fourth-order valence-corrected chi connectivity index (χ4v) is 2.28. The molecule has 18 heavy (non-hydrogen) atoms. The van der Waals surface area contributed by atoms with Crippen molar-refractivity contribution in [3.05, 3.63) is 20.7 Å². The second-order valence-electron chi connectivity index (χ2n) is 3.95. The lowest BCUT2D eigenvalue weighted by Gasteiger charge is -2.06. The summed E-state index contributed by atoms with van der Waals surface area (Å²) in [4.78, 5) is 22.9. The maximum Gasteiger partial charge on any atom is 0.307 e. The van der Waals surface area contributed by atoms with Crippen molar-refractivity contribution in [2.24, 2.45) is 0 Å². The van der Waals surface area contributed by atoms with Crippen LogP contribution >= 0.6 is 11.3 Å². The maximum absolute atomic E-state index is 11.5. The first-order valence-electron chi connectivity index (χ1n) is 6.14. The van der Waals surface area contributed by atoms with Gasteiger partial charge in [0.2, 0.25) is 5.91 Å². The summed E-state index contributed by atoms with van der Waals surface area (Å²) in [5.41, 5.74) is 0.911. The highest BCUT2D eigenvalue weighted by Gasteiger charge is 2.05. The summed E-state index contributed by atoms with van der Waals surface area (Å²) in [6.45, 7) is 6.26. The smallest absolute Gasteiger partial charge is 0.307 e. The third-order valence-corrected chi connectivity index (χ3v) is 3.41. The highest BCUT2D eigenvalue weighted by molar-refractivity contribution is 7.07. The van der Waals surface area contributed by atoms with Crippen LogP contribution in [0.25, 0.3) is 0 Å². The number of ether oxygens (including phenoxy) is 1. The minimum absolute atomic E-state index is 0.00311. The molecule has 1 rings (SSSR count). The fraction of sp³-hybridized carbons (Fsp3) is 0.667. The lowest BCUT2D eigenvalue weighted by molar-refractivity contribution is -0.121. The molecule has 6 heteroatoms. The Hall–Kier alpha value is -1.14. The number of amides is 1. The number of carbonyl (C=O) groups excluding carboxylic acids is 1. The van der Waals surface area contributed by atoms with Crippen molar-refractivity contribution in [1.29, 1.82) is 0 Å². The van der Waals surface area contributed by atoms with E-state index in [4.69, 9.17) is 4.74 Å². The predicted octanol–water partition coefficient (Wildman–Crippen LogP) is 1.15. The van der Waals surface area contributed by atoms with E-state index in [0.29, 0.717) is 32.7 Å². The van der Waals surface area contributed by atoms with Gasteiger partial charge in [0.25, 0.3) is 0 Å². The molecule has 1 N–H and O–H groups in total. The van der Waals surface area contributed by atoms with Crippen LogP contribution in [0.2, 0.25) is 0 Å². The third-order valence-electron chi connectivity index (χ3n) is 2.53. The van der Waals surface area contributed by atoms with Crippen molar-refractivity contribution >= 4 is 17.2 Å². The van der Waals surface area contributed by atoms with Gasteiger partial charge in [-0.2, -0.15) is 0 Å². The lowest BCUT2D eigenvalue weighted by atomic mass is 10.3. The highest BCUT2D eigenvalue weighted by atomic mass is 32.1. The van der Waals surface area contributed by atoms with E-state index in [1.807, 2.05) is 19.2 Å². The largest absolute Gasteiger partial charge is 0.382 e. The number of nitrogens with one attached hydrogen (secondary N) is 1. The van der Waals surface area contributed by atoms with Crippen molar-refractivity contribution < 1.29 is 9.53 Å². The standard InChI is InChI=1S/C12H20N2O3S/c1-3-17-8-4-6-13-11(15)5-7-14-10(2)9-18-12(14)16/h9H,3-8H2,1-2H3,(H,13,15). The zero-order valence-corrected chi connectivity index (χ0v) is 11.7. The van der Waals surface area contributed by atoms with E-state index in [0.717, 1.165) is 12.1 Å². The van der Waals surface area contributed by atoms with E-state index < -0.39 is 0 Å². The molecule has 1 amide bonds. The Bertz CT molecular complexity index is 425. The monoisotopic (exact) mass is 272 g/mol. The van der Waals surface area contributed by atoms with Gasteiger partial charge in [-0.3, -0.25) is 9.59 Å². The predicted molar refractivity (Wildman–Crippen MR) is 72.1 cm³/mol. The number of thiazole rings is 1. The molecule has 0 aromatic carbocycles. The lowest BCUT2D eigenvalue weighted by Crippen LogP contribution is -2.27. The van der Waals surface area contributed by atoms with Crippen LogP contribution < -0.4 is 10.2 Å². The highest BCUT2D eigenvalue weighted by Crippen LogP contribution is 2.00. The van der Waals surface area contributed by atoms with Gasteiger partial charge < -0.3 is 14.6 Å². The number of rotatable bonds is 8. The van der Waals surface area contributed by atoms with Crippen LogP contribution in [-0.4, -0.2) is 30.2 Å². The summed E-state index contributed by atoms with van der Waals surface area (Å²) in [5.74, 6) is -0.0241. The molecular formula is C12H20N2O3S. The van der Waals surface area contributed by atoms with Crippen LogP contribution in [0.5, 0.6) is 0 Å². The molecule has 102 valence electrons. The maximum atomic E-state index is 11.5. The Kier molecular flexibility index (Phi) is 6.67. The number of hydrogen-bond donors (Lipinski definition) is 1. The van der Waals surface area contributed by atoms with Crippen molar-refractivity contribution in [2.45, 2.75) is 33.2 Å². The van der Waals surface area contributed by atoms with Gasteiger partial charge in [-0.1, -0.05) is 11.3 Å². The molecule has 5 nitrogen and oxygen atoms in total. The SMILES string of the molecule is CCOCCCNC(=O)CCn1c(C)csc1=O. The molecule has 0 unspecified atom stereocenters. The summed E-state index contributed by atoms with van der Waals surface area (Å²) >= 11 is 1.17. The molecule has 0 aliphatic heterocycles. The van der Waals surface area contributed by atoms with Crippen LogP contribution in [-0.2, 0) is 16.1 Å². The normalized spacial score (nSPS) is 10.6. The van der Waals surface area contributed by atoms with Gasteiger partial charge in [0.05, 0.1) is 0 Å². The Morgan fingerprint density at radius 1 is 1.56 bits per heavy atom. The minimum atomic E-state index is -0.0241. The molecule has 0 saturated carbocycles. The summed E-state index contributed by atoms with van der Waals surface area (Å²) in [5, 5.41) is 4.62. The molecule has 0 aliphatic carbocycles. The second-order valence-corrected chi connectivity index (χ2v) is 4.77. The molecule has 0 saturated heterocycles. The first-order valence-corrected chi connectivity index (χ1v) is 7.02. The molecule has 1 aromatic heterocycles. The minimum Gasteiger partial charge on any atom is -0.382 e. The van der Waals surface area contributed by atoms with Crippen molar-refractivity contribution in [1.82, 2.24) is 9.88 Å². The second kappa shape index (κ2) is 8.05. The average molecular weight is 272 g/mol.